The predicted molar refractivity (Wildman–Crippen MR) is 77.2 cm³/mol. The van der Waals surface area contributed by atoms with Gasteiger partial charge in [-0.15, -0.1) is 0 Å². The molecule has 0 amide bonds. The van der Waals surface area contributed by atoms with Crippen molar-refractivity contribution < 1.29 is 4.74 Å². The van der Waals surface area contributed by atoms with Crippen molar-refractivity contribution in [1.29, 1.82) is 0 Å². The minimum absolute atomic E-state index is 0.0343. The molecule has 0 fully saturated rings. The molecule has 1 rings (SSSR count). The number of hydrogen-bond acceptors (Lipinski definition) is 3. The van der Waals surface area contributed by atoms with E-state index in [4.69, 9.17) is 10.5 Å². The normalized spacial score (nSPS) is 13.8. The second-order valence-electron chi connectivity index (χ2n) is 6.08. The van der Waals surface area contributed by atoms with Gasteiger partial charge >= 0.3 is 0 Å². The van der Waals surface area contributed by atoms with Crippen LogP contribution in [0.2, 0.25) is 0 Å². The Morgan fingerprint density at radius 2 is 1.89 bits per heavy atom. The predicted octanol–water partition coefficient (Wildman–Crippen LogP) is 2.55. The quantitative estimate of drug-likeness (QED) is 0.892. The summed E-state index contributed by atoms with van der Waals surface area (Å²) in [5, 5.41) is 0. The second-order valence-corrected chi connectivity index (χ2v) is 6.08. The summed E-state index contributed by atoms with van der Waals surface area (Å²) in [6.45, 7) is 7.40. The van der Waals surface area contributed by atoms with Crippen molar-refractivity contribution in [2.45, 2.75) is 32.2 Å². The Morgan fingerprint density at radius 3 is 2.33 bits per heavy atom. The minimum atomic E-state index is 0.0343. The first-order valence-corrected chi connectivity index (χ1v) is 6.34. The zero-order valence-electron chi connectivity index (χ0n) is 12.4. The number of rotatable bonds is 4. The van der Waals surface area contributed by atoms with Gasteiger partial charge in [-0.3, -0.25) is 0 Å². The molecule has 0 saturated carbocycles. The highest BCUT2D eigenvalue weighted by Gasteiger charge is 2.20. The molecule has 0 aliphatic heterocycles. The number of hydrogen-bond donors (Lipinski definition) is 1. The third kappa shape index (κ3) is 3.72. The molecule has 102 valence electrons. The Hall–Kier alpha value is -1.06. The van der Waals surface area contributed by atoms with Gasteiger partial charge in [0, 0.05) is 12.6 Å². The van der Waals surface area contributed by atoms with E-state index < -0.39 is 0 Å². The van der Waals surface area contributed by atoms with Crippen molar-refractivity contribution in [1.82, 2.24) is 4.90 Å². The van der Waals surface area contributed by atoms with Crippen LogP contribution in [-0.4, -0.2) is 32.6 Å². The van der Waals surface area contributed by atoms with Gasteiger partial charge < -0.3 is 15.4 Å². The van der Waals surface area contributed by atoms with Crippen molar-refractivity contribution in [3.8, 4) is 5.75 Å². The van der Waals surface area contributed by atoms with Crippen LogP contribution >= 0.6 is 0 Å². The molecule has 1 aromatic carbocycles. The van der Waals surface area contributed by atoms with Crippen LogP contribution in [0.25, 0.3) is 0 Å². The molecule has 3 nitrogen and oxygen atoms in total. The zero-order chi connectivity index (χ0) is 13.9. The largest absolute Gasteiger partial charge is 0.496 e. The fourth-order valence-electron chi connectivity index (χ4n) is 2.04. The molecule has 18 heavy (non-hydrogen) atoms. The van der Waals surface area contributed by atoms with Gasteiger partial charge in [-0.05, 0) is 42.8 Å². The molecule has 0 saturated heterocycles. The summed E-state index contributed by atoms with van der Waals surface area (Å²) in [6.07, 6.45) is 0. The third-order valence-electron chi connectivity index (χ3n) is 3.02. The maximum absolute atomic E-state index is 6.22. The van der Waals surface area contributed by atoms with Gasteiger partial charge in [0.25, 0.3) is 0 Å². The van der Waals surface area contributed by atoms with E-state index in [2.05, 4.69) is 37.8 Å². The van der Waals surface area contributed by atoms with Gasteiger partial charge in [0.05, 0.1) is 7.11 Å². The smallest absolute Gasteiger partial charge is 0.122 e. The Morgan fingerprint density at radius 1 is 1.28 bits per heavy atom. The minimum Gasteiger partial charge on any atom is -0.496 e. The number of methoxy groups -OCH3 is 1. The lowest BCUT2D eigenvalue weighted by Gasteiger charge is -2.25. The van der Waals surface area contributed by atoms with Crippen LogP contribution in [0.5, 0.6) is 5.75 Å². The molecule has 0 spiro atoms. The van der Waals surface area contributed by atoms with E-state index >= 15 is 0 Å². The number of nitrogens with two attached hydrogens (primary N) is 1. The van der Waals surface area contributed by atoms with E-state index in [-0.39, 0.29) is 11.5 Å². The first-order chi connectivity index (χ1) is 8.25. The lowest BCUT2D eigenvalue weighted by Crippen LogP contribution is -2.26. The highest BCUT2D eigenvalue weighted by atomic mass is 16.5. The summed E-state index contributed by atoms with van der Waals surface area (Å²) in [4.78, 5) is 2.10. The van der Waals surface area contributed by atoms with Crippen molar-refractivity contribution in [3.63, 3.8) is 0 Å². The van der Waals surface area contributed by atoms with Crippen LogP contribution in [-0.2, 0) is 5.41 Å². The fourth-order valence-corrected chi connectivity index (χ4v) is 2.04. The van der Waals surface area contributed by atoms with Crippen LogP contribution in [0.15, 0.2) is 18.2 Å². The van der Waals surface area contributed by atoms with Crippen molar-refractivity contribution >= 4 is 0 Å². The molecule has 0 aromatic heterocycles. The third-order valence-corrected chi connectivity index (χ3v) is 3.02. The lowest BCUT2D eigenvalue weighted by molar-refractivity contribution is 0.374. The molecule has 1 aromatic rings. The maximum Gasteiger partial charge on any atom is 0.122 e. The Labute approximate surface area is 111 Å². The van der Waals surface area contributed by atoms with Gasteiger partial charge in [0.2, 0.25) is 0 Å². The van der Waals surface area contributed by atoms with Crippen LogP contribution in [0.1, 0.15) is 37.9 Å². The first kappa shape index (κ1) is 15.0. The highest BCUT2D eigenvalue weighted by molar-refractivity contribution is 5.42. The van der Waals surface area contributed by atoms with Crippen LogP contribution in [0.3, 0.4) is 0 Å². The van der Waals surface area contributed by atoms with Gasteiger partial charge in [0.1, 0.15) is 5.75 Å². The Bertz CT molecular complexity index is 394. The summed E-state index contributed by atoms with van der Waals surface area (Å²) in [5.41, 5.74) is 8.64. The number of benzene rings is 1. The van der Waals surface area contributed by atoms with Crippen LogP contribution in [0.4, 0.5) is 0 Å². The number of nitrogens with zero attached hydrogens (tertiary/aromatic N) is 1. The van der Waals surface area contributed by atoms with E-state index in [9.17, 15) is 0 Å². The van der Waals surface area contributed by atoms with Gasteiger partial charge in [0.15, 0.2) is 0 Å². The van der Waals surface area contributed by atoms with Crippen LogP contribution < -0.4 is 10.5 Å². The van der Waals surface area contributed by atoms with E-state index in [0.717, 1.165) is 17.9 Å². The molecule has 2 N–H and O–H groups in total. The maximum atomic E-state index is 6.22. The van der Waals surface area contributed by atoms with E-state index in [1.54, 1.807) is 7.11 Å². The second kappa shape index (κ2) is 5.72. The Balaban J connectivity index is 3.10. The Kier molecular flexibility index (Phi) is 4.77. The molecular weight excluding hydrogens is 224 g/mol. The van der Waals surface area contributed by atoms with E-state index in [1.807, 2.05) is 20.2 Å². The molecule has 0 heterocycles. The zero-order valence-corrected chi connectivity index (χ0v) is 12.4. The summed E-state index contributed by atoms with van der Waals surface area (Å²) in [6, 6.07) is 6.28. The molecule has 3 heteroatoms. The summed E-state index contributed by atoms with van der Waals surface area (Å²) >= 11 is 0. The SMILES string of the molecule is COc1ccc(C(N)CN(C)C)cc1C(C)(C)C. The first-order valence-electron chi connectivity index (χ1n) is 6.34. The average Bonchev–Trinajstić information content (AvgIpc) is 2.26. The molecule has 0 radical (unpaired) electrons. The number of likely N-dealkylation sites (N-methyl/N-ethyl adjacent to an activating group) is 1. The highest BCUT2D eigenvalue weighted by Crippen LogP contribution is 2.33. The standard InChI is InChI=1S/C15H26N2O/c1-15(2,3)12-9-11(7-8-14(12)18-6)13(16)10-17(4)5/h7-9,13H,10,16H2,1-6H3. The van der Waals surface area contributed by atoms with Crippen LogP contribution in [0, 0.1) is 0 Å². The summed E-state index contributed by atoms with van der Waals surface area (Å²) in [7, 11) is 5.78. The number of ether oxygens (including phenoxy) is 1. The molecule has 0 bridgehead atoms. The van der Waals surface area contributed by atoms with Gasteiger partial charge in [-0.1, -0.05) is 26.8 Å². The molecule has 1 unspecified atom stereocenters. The van der Waals surface area contributed by atoms with Crippen molar-refractivity contribution in [3.05, 3.63) is 29.3 Å². The van der Waals surface area contributed by atoms with Crippen molar-refractivity contribution in [2.24, 2.45) is 5.73 Å². The summed E-state index contributed by atoms with van der Waals surface area (Å²) < 4.78 is 5.44. The summed E-state index contributed by atoms with van der Waals surface area (Å²) in [5.74, 6) is 0.934. The monoisotopic (exact) mass is 250 g/mol. The molecule has 0 aliphatic carbocycles. The average molecular weight is 250 g/mol. The molecular formula is C15H26N2O. The van der Waals surface area contributed by atoms with E-state index in [0.29, 0.717) is 0 Å². The van der Waals surface area contributed by atoms with Gasteiger partial charge in [-0.25, -0.2) is 0 Å². The molecule has 1 atom stereocenters. The lowest BCUT2D eigenvalue weighted by atomic mass is 9.84. The van der Waals surface area contributed by atoms with E-state index in [1.165, 1.54) is 5.56 Å². The topological polar surface area (TPSA) is 38.5 Å². The van der Waals surface area contributed by atoms with Crippen molar-refractivity contribution in [2.75, 3.05) is 27.7 Å². The fraction of sp³-hybridized carbons (Fsp3) is 0.600. The molecule has 0 aliphatic rings. The van der Waals surface area contributed by atoms with Gasteiger partial charge in [-0.2, -0.15) is 0 Å².